The van der Waals surface area contributed by atoms with Crippen LogP contribution in [0.3, 0.4) is 0 Å². The molecule has 6 heteroatoms. The fourth-order valence-electron chi connectivity index (χ4n) is 2.12. The normalized spacial score (nSPS) is 14.1. The summed E-state index contributed by atoms with van der Waals surface area (Å²) in [7, 11) is 0. The maximum absolute atomic E-state index is 12.3. The fourth-order valence-corrected chi connectivity index (χ4v) is 2.12. The van der Waals surface area contributed by atoms with Crippen molar-refractivity contribution in [2.24, 2.45) is 0 Å². The zero-order valence-electron chi connectivity index (χ0n) is 12.0. The average molecular weight is 279 g/mol. The van der Waals surface area contributed by atoms with Gasteiger partial charge in [-0.3, -0.25) is 14.3 Å². The lowest BCUT2D eigenvalue weighted by atomic mass is 10.3. The first-order valence-electron chi connectivity index (χ1n) is 7.04. The van der Waals surface area contributed by atoms with Crippen molar-refractivity contribution in [3.8, 4) is 0 Å². The molecule has 1 aromatic rings. The summed E-state index contributed by atoms with van der Waals surface area (Å²) in [6.07, 6.45) is 5.87. The molecule has 0 aromatic carbocycles. The van der Waals surface area contributed by atoms with Crippen LogP contribution in [0.1, 0.15) is 31.7 Å². The van der Waals surface area contributed by atoms with Crippen molar-refractivity contribution in [2.75, 3.05) is 13.2 Å². The third-order valence-electron chi connectivity index (χ3n) is 3.23. The summed E-state index contributed by atoms with van der Waals surface area (Å²) < 4.78 is 6.54. The molecule has 1 heterocycles. The average Bonchev–Trinajstić information content (AvgIpc) is 3.14. The number of amides is 1. The van der Waals surface area contributed by atoms with Crippen LogP contribution in [0.2, 0.25) is 0 Å². The van der Waals surface area contributed by atoms with E-state index in [9.17, 15) is 9.59 Å². The molecule has 1 amide bonds. The molecular formula is C14H21N3O3. The minimum absolute atomic E-state index is 0.0138. The van der Waals surface area contributed by atoms with Gasteiger partial charge in [0.2, 0.25) is 5.91 Å². The van der Waals surface area contributed by atoms with E-state index >= 15 is 0 Å². The molecule has 0 aliphatic heterocycles. The maximum Gasteiger partial charge on any atom is 0.307 e. The second kappa shape index (κ2) is 6.54. The lowest BCUT2D eigenvalue weighted by Gasteiger charge is -2.22. The standard InChI is InChI=1S/C14H21N3O3/c1-3-20-14(19)6-7-17(12-4-5-12)13(18)10-16-9-11(2)8-15-16/h8-9,12H,3-7,10H2,1-2H3. The summed E-state index contributed by atoms with van der Waals surface area (Å²) in [5.74, 6) is -0.235. The summed E-state index contributed by atoms with van der Waals surface area (Å²) in [6.45, 7) is 4.76. The van der Waals surface area contributed by atoms with Gasteiger partial charge in [-0.15, -0.1) is 0 Å². The first kappa shape index (κ1) is 14.6. The number of aryl methyl sites for hydroxylation is 1. The molecule has 0 saturated heterocycles. The van der Waals surface area contributed by atoms with E-state index in [1.165, 1.54) is 0 Å². The molecule has 0 radical (unpaired) electrons. The van der Waals surface area contributed by atoms with Crippen LogP contribution < -0.4 is 0 Å². The van der Waals surface area contributed by atoms with Gasteiger partial charge in [0.05, 0.1) is 19.2 Å². The quantitative estimate of drug-likeness (QED) is 0.702. The summed E-state index contributed by atoms with van der Waals surface area (Å²) in [6, 6.07) is 0.286. The molecule has 0 atom stereocenters. The van der Waals surface area contributed by atoms with Crippen molar-refractivity contribution >= 4 is 11.9 Å². The number of nitrogens with zero attached hydrogens (tertiary/aromatic N) is 3. The number of hydrogen-bond donors (Lipinski definition) is 0. The lowest BCUT2D eigenvalue weighted by molar-refractivity contribution is -0.144. The first-order chi connectivity index (χ1) is 9.60. The zero-order valence-corrected chi connectivity index (χ0v) is 12.0. The van der Waals surface area contributed by atoms with Crippen molar-refractivity contribution in [1.29, 1.82) is 0 Å². The SMILES string of the molecule is CCOC(=O)CCN(C(=O)Cn1cc(C)cn1)C1CC1. The number of aromatic nitrogens is 2. The van der Waals surface area contributed by atoms with Crippen LogP contribution in [0.15, 0.2) is 12.4 Å². The molecule has 1 aliphatic rings. The van der Waals surface area contributed by atoms with Crippen LogP contribution in [-0.4, -0.2) is 45.8 Å². The number of esters is 1. The Labute approximate surface area is 118 Å². The number of hydrogen-bond acceptors (Lipinski definition) is 4. The van der Waals surface area contributed by atoms with Gasteiger partial charge in [0.15, 0.2) is 0 Å². The third-order valence-corrected chi connectivity index (χ3v) is 3.23. The van der Waals surface area contributed by atoms with E-state index in [4.69, 9.17) is 4.74 Å². The van der Waals surface area contributed by atoms with Gasteiger partial charge in [-0.1, -0.05) is 0 Å². The van der Waals surface area contributed by atoms with Gasteiger partial charge in [-0.2, -0.15) is 5.10 Å². The molecule has 2 rings (SSSR count). The van der Waals surface area contributed by atoms with Crippen LogP contribution in [0.5, 0.6) is 0 Å². The summed E-state index contributed by atoms with van der Waals surface area (Å²) >= 11 is 0. The minimum atomic E-state index is -0.249. The molecule has 1 fully saturated rings. The molecule has 6 nitrogen and oxygen atoms in total. The molecule has 1 aliphatic carbocycles. The van der Waals surface area contributed by atoms with Gasteiger partial charge in [-0.05, 0) is 32.3 Å². The van der Waals surface area contributed by atoms with Crippen molar-refractivity contribution in [1.82, 2.24) is 14.7 Å². The Hall–Kier alpha value is -1.85. The smallest absolute Gasteiger partial charge is 0.307 e. The van der Waals surface area contributed by atoms with Crippen LogP contribution in [-0.2, 0) is 20.9 Å². The van der Waals surface area contributed by atoms with E-state index in [-0.39, 0.29) is 30.9 Å². The van der Waals surface area contributed by atoms with Crippen molar-refractivity contribution in [3.05, 3.63) is 18.0 Å². The molecule has 0 bridgehead atoms. The highest BCUT2D eigenvalue weighted by molar-refractivity contribution is 5.77. The number of carbonyl (C=O) groups is 2. The monoisotopic (exact) mass is 279 g/mol. The maximum atomic E-state index is 12.3. The first-order valence-corrected chi connectivity index (χ1v) is 7.04. The molecule has 110 valence electrons. The van der Waals surface area contributed by atoms with Crippen molar-refractivity contribution in [3.63, 3.8) is 0 Å². The molecule has 0 unspecified atom stereocenters. The number of ether oxygens (including phenoxy) is 1. The van der Waals surface area contributed by atoms with Crippen LogP contribution in [0, 0.1) is 6.92 Å². The lowest BCUT2D eigenvalue weighted by Crippen LogP contribution is -2.37. The van der Waals surface area contributed by atoms with Crippen LogP contribution in [0.4, 0.5) is 0 Å². The molecule has 0 spiro atoms. The molecule has 1 saturated carbocycles. The van der Waals surface area contributed by atoms with Crippen molar-refractivity contribution in [2.45, 2.75) is 45.7 Å². The van der Waals surface area contributed by atoms with E-state index in [0.29, 0.717) is 13.2 Å². The van der Waals surface area contributed by atoms with E-state index in [2.05, 4.69) is 5.10 Å². The highest BCUT2D eigenvalue weighted by atomic mass is 16.5. The van der Waals surface area contributed by atoms with Crippen molar-refractivity contribution < 1.29 is 14.3 Å². The van der Waals surface area contributed by atoms with Gasteiger partial charge >= 0.3 is 5.97 Å². The Balaban J connectivity index is 1.87. The minimum Gasteiger partial charge on any atom is -0.466 e. The highest BCUT2D eigenvalue weighted by Gasteiger charge is 2.32. The Bertz CT molecular complexity index is 480. The Kier molecular flexibility index (Phi) is 4.76. The Morgan fingerprint density at radius 2 is 2.25 bits per heavy atom. The van der Waals surface area contributed by atoms with E-state index in [1.54, 1.807) is 22.7 Å². The van der Waals surface area contributed by atoms with E-state index in [0.717, 1.165) is 18.4 Å². The van der Waals surface area contributed by atoms with Crippen LogP contribution in [0.25, 0.3) is 0 Å². The van der Waals surface area contributed by atoms with Gasteiger partial charge in [0, 0.05) is 18.8 Å². The Morgan fingerprint density at radius 1 is 1.50 bits per heavy atom. The second-order valence-electron chi connectivity index (χ2n) is 5.09. The molecule has 1 aromatic heterocycles. The largest absolute Gasteiger partial charge is 0.466 e. The molecule has 20 heavy (non-hydrogen) atoms. The predicted molar refractivity (Wildman–Crippen MR) is 72.9 cm³/mol. The third kappa shape index (κ3) is 4.08. The predicted octanol–water partition coefficient (Wildman–Crippen LogP) is 1.14. The number of rotatable bonds is 7. The summed E-state index contributed by atoms with van der Waals surface area (Å²) in [5, 5.41) is 4.12. The van der Waals surface area contributed by atoms with Gasteiger partial charge in [0.25, 0.3) is 0 Å². The fraction of sp³-hybridized carbons (Fsp3) is 0.643. The van der Waals surface area contributed by atoms with Gasteiger partial charge in [0.1, 0.15) is 6.54 Å². The second-order valence-corrected chi connectivity index (χ2v) is 5.09. The number of carbonyl (C=O) groups excluding carboxylic acids is 2. The summed E-state index contributed by atoms with van der Waals surface area (Å²) in [5.41, 5.74) is 1.03. The van der Waals surface area contributed by atoms with Gasteiger partial charge in [-0.25, -0.2) is 0 Å². The van der Waals surface area contributed by atoms with E-state index < -0.39 is 0 Å². The van der Waals surface area contributed by atoms with Gasteiger partial charge < -0.3 is 9.64 Å². The topological polar surface area (TPSA) is 64.4 Å². The highest BCUT2D eigenvalue weighted by Crippen LogP contribution is 2.27. The molecule has 0 N–H and O–H groups in total. The Morgan fingerprint density at radius 3 is 2.80 bits per heavy atom. The summed E-state index contributed by atoms with van der Waals surface area (Å²) in [4.78, 5) is 25.5. The van der Waals surface area contributed by atoms with E-state index in [1.807, 2.05) is 13.1 Å². The molecular weight excluding hydrogens is 258 g/mol. The van der Waals surface area contributed by atoms with Crippen LogP contribution >= 0.6 is 0 Å². The zero-order chi connectivity index (χ0) is 14.5.